The van der Waals surface area contributed by atoms with Crippen LogP contribution in [0.1, 0.15) is 174 Å². The van der Waals surface area contributed by atoms with Crippen LogP contribution in [0.5, 0.6) is 0 Å². The molecule has 0 spiro atoms. The number of hydrogen-bond acceptors (Lipinski definition) is 6. The van der Waals surface area contributed by atoms with Crippen molar-refractivity contribution in [3.05, 3.63) is 12.2 Å². The number of aliphatic hydroxyl groups excluding tert-OH is 1. The highest BCUT2D eigenvalue weighted by Crippen LogP contribution is 2.25. The van der Waals surface area contributed by atoms with Crippen molar-refractivity contribution in [2.24, 2.45) is 5.92 Å². The number of esters is 1. The quantitative estimate of drug-likeness (QED) is 0.0396. The maximum Gasteiger partial charge on any atom is 0.305 e. The minimum absolute atomic E-state index is 0.00556. The lowest BCUT2D eigenvalue weighted by Crippen LogP contribution is -2.40. The van der Waals surface area contributed by atoms with E-state index in [1.54, 1.807) is 0 Å². The summed E-state index contributed by atoms with van der Waals surface area (Å²) < 4.78 is 5.83. The predicted octanol–water partition coefficient (Wildman–Crippen LogP) is 9.56. The third kappa shape index (κ3) is 26.1. The van der Waals surface area contributed by atoms with Crippen molar-refractivity contribution in [1.82, 2.24) is 9.80 Å². The average Bonchev–Trinajstić information content (AvgIpc) is 3.03. The molecule has 1 saturated carbocycles. The fourth-order valence-corrected chi connectivity index (χ4v) is 6.61. The zero-order chi connectivity index (χ0) is 34.2. The number of carboxylic acid groups (broad SMARTS) is 1. The van der Waals surface area contributed by atoms with Gasteiger partial charge in [0.1, 0.15) is 0 Å². The van der Waals surface area contributed by atoms with Gasteiger partial charge in [0.25, 0.3) is 0 Å². The summed E-state index contributed by atoms with van der Waals surface area (Å²) in [6, 6.07) is 0.683. The van der Waals surface area contributed by atoms with Gasteiger partial charge in [0, 0.05) is 38.5 Å². The number of carbonyl (C=O) groups excluding carboxylic acids is 1. The highest BCUT2D eigenvalue weighted by molar-refractivity contribution is 5.69. The van der Waals surface area contributed by atoms with Crippen LogP contribution in [0.4, 0.5) is 0 Å². The molecule has 0 aliphatic heterocycles. The van der Waals surface area contributed by atoms with Crippen molar-refractivity contribution >= 4 is 11.9 Å². The summed E-state index contributed by atoms with van der Waals surface area (Å²) in [4.78, 5) is 28.2. The normalized spacial score (nSPS) is 13.7. The van der Waals surface area contributed by atoms with E-state index in [1.165, 1.54) is 109 Å². The van der Waals surface area contributed by atoms with Crippen LogP contribution in [-0.4, -0.2) is 83.9 Å². The topological polar surface area (TPSA) is 90.3 Å². The second-order valence-corrected chi connectivity index (χ2v) is 14.3. The van der Waals surface area contributed by atoms with Gasteiger partial charge < -0.3 is 14.9 Å². The maximum atomic E-state index is 12.6. The van der Waals surface area contributed by atoms with E-state index in [0.717, 1.165) is 64.7 Å². The highest BCUT2D eigenvalue weighted by Gasteiger charge is 2.23. The van der Waals surface area contributed by atoms with Gasteiger partial charge >= 0.3 is 11.9 Å². The van der Waals surface area contributed by atoms with Crippen LogP contribution in [0.15, 0.2) is 12.2 Å². The first-order chi connectivity index (χ1) is 23.0. The molecule has 2 N–H and O–H groups in total. The van der Waals surface area contributed by atoms with E-state index in [0.29, 0.717) is 31.5 Å². The highest BCUT2D eigenvalue weighted by atomic mass is 16.5. The van der Waals surface area contributed by atoms with Crippen LogP contribution in [0.2, 0.25) is 0 Å². The van der Waals surface area contributed by atoms with Crippen LogP contribution >= 0.6 is 0 Å². The Balaban J connectivity index is 2.31. The molecule has 1 fully saturated rings. The van der Waals surface area contributed by atoms with Gasteiger partial charge in [0.2, 0.25) is 0 Å². The molecular weight excluding hydrogens is 588 g/mol. The molecule has 0 radical (unpaired) electrons. The van der Waals surface area contributed by atoms with Crippen molar-refractivity contribution in [1.29, 1.82) is 0 Å². The van der Waals surface area contributed by atoms with Crippen molar-refractivity contribution in [2.75, 3.05) is 45.9 Å². The Morgan fingerprint density at radius 3 is 1.83 bits per heavy atom. The van der Waals surface area contributed by atoms with E-state index in [2.05, 4.69) is 35.8 Å². The van der Waals surface area contributed by atoms with Crippen LogP contribution in [-0.2, 0) is 14.3 Å². The minimum Gasteiger partial charge on any atom is -0.481 e. The van der Waals surface area contributed by atoms with E-state index < -0.39 is 5.97 Å². The van der Waals surface area contributed by atoms with Crippen molar-refractivity contribution in [3.63, 3.8) is 0 Å². The Morgan fingerprint density at radius 1 is 0.702 bits per heavy atom. The number of carbonyl (C=O) groups is 2. The van der Waals surface area contributed by atoms with Crippen molar-refractivity contribution in [2.45, 2.75) is 180 Å². The van der Waals surface area contributed by atoms with E-state index >= 15 is 0 Å². The summed E-state index contributed by atoms with van der Waals surface area (Å²) in [6.45, 7) is 9.68. The zero-order valence-corrected chi connectivity index (χ0v) is 31.0. The fraction of sp³-hybridized carbons (Fsp3) is 0.900. The minimum atomic E-state index is -0.727. The van der Waals surface area contributed by atoms with Gasteiger partial charge in [-0.3, -0.25) is 19.4 Å². The molecule has 0 aromatic rings. The molecule has 0 aromatic heterocycles. The van der Waals surface area contributed by atoms with Crippen LogP contribution < -0.4 is 0 Å². The molecule has 0 unspecified atom stereocenters. The summed E-state index contributed by atoms with van der Waals surface area (Å²) >= 11 is 0. The molecule has 0 atom stereocenters. The number of carboxylic acids is 1. The molecule has 7 heteroatoms. The average molecular weight is 665 g/mol. The van der Waals surface area contributed by atoms with Gasteiger partial charge in [-0.25, -0.2) is 0 Å². The lowest BCUT2D eigenvalue weighted by atomic mass is 9.91. The zero-order valence-electron chi connectivity index (χ0n) is 31.0. The molecule has 47 heavy (non-hydrogen) atoms. The lowest BCUT2D eigenvalue weighted by molar-refractivity contribution is -0.145. The van der Waals surface area contributed by atoms with E-state index in [4.69, 9.17) is 9.84 Å². The third-order valence-corrected chi connectivity index (χ3v) is 9.98. The molecule has 0 saturated heterocycles. The molecule has 1 aliphatic rings. The van der Waals surface area contributed by atoms with Crippen LogP contribution in [0.25, 0.3) is 0 Å². The summed E-state index contributed by atoms with van der Waals surface area (Å²) in [5.74, 6) is -0.205. The van der Waals surface area contributed by atoms with Crippen LogP contribution in [0.3, 0.4) is 0 Å². The maximum absolute atomic E-state index is 12.6. The molecule has 0 bridgehead atoms. The largest absolute Gasteiger partial charge is 0.481 e. The van der Waals surface area contributed by atoms with Gasteiger partial charge in [-0.15, -0.1) is 0 Å². The lowest BCUT2D eigenvalue weighted by Gasteiger charge is -2.37. The summed E-state index contributed by atoms with van der Waals surface area (Å²) in [5, 5.41) is 18.2. The summed E-state index contributed by atoms with van der Waals surface area (Å²) in [7, 11) is 0. The number of aliphatic hydroxyl groups is 1. The summed E-state index contributed by atoms with van der Waals surface area (Å²) in [6.07, 6.45) is 33.1. The molecule has 7 nitrogen and oxygen atoms in total. The van der Waals surface area contributed by atoms with Crippen LogP contribution in [0, 0.1) is 5.92 Å². The van der Waals surface area contributed by atoms with Crippen molar-refractivity contribution < 1.29 is 24.5 Å². The SMILES string of the molecule is CCCCCCCCC(CCCCCCCC)COC(=O)CCCCCN(C/C=C/CN(CCO)CCCCCC(=O)O)C1CCC1. The Labute approximate surface area is 290 Å². The third-order valence-electron chi connectivity index (χ3n) is 9.98. The monoisotopic (exact) mass is 665 g/mol. The molecule has 276 valence electrons. The fourth-order valence-electron chi connectivity index (χ4n) is 6.61. The Kier molecular flexibility index (Phi) is 29.5. The number of rotatable bonds is 35. The first-order valence-corrected chi connectivity index (χ1v) is 20.1. The standard InChI is InChI=1S/C40H76N2O5/c1-3-5-7-9-11-15-24-37(25-16-12-10-8-6-4-2)36-47-40(46)29-18-14-20-32-42(38-26-23-27-38)33-22-21-31-41(34-35-43)30-19-13-17-28-39(44)45/h21-22,37-38,43H,3-20,23-36H2,1-2H3,(H,44,45)/b22-21+. The van der Waals surface area contributed by atoms with Gasteiger partial charge in [-0.2, -0.15) is 0 Å². The molecule has 0 aromatic carbocycles. The number of nitrogens with zero attached hydrogens (tertiary/aromatic N) is 2. The first kappa shape index (κ1) is 43.6. The smallest absolute Gasteiger partial charge is 0.305 e. The molecule has 0 heterocycles. The molecule has 1 aliphatic carbocycles. The van der Waals surface area contributed by atoms with Crippen molar-refractivity contribution in [3.8, 4) is 0 Å². The summed E-state index contributed by atoms with van der Waals surface area (Å²) in [5.41, 5.74) is 0. The molecule has 1 rings (SSSR count). The molecular formula is C40H76N2O5. The second kappa shape index (κ2) is 31.8. The van der Waals surface area contributed by atoms with E-state index in [1.807, 2.05) is 0 Å². The number of ether oxygens (including phenoxy) is 1. The van der Waals surface area contributed by atoms with E-state index in [9.17, 15) is 14.7 Å². The predicted molar refractivity (Wildman–Crippen MR) is 197 cm³/mol. The second-order valence-electron chi connectivity index (χ2n) is 14.3. The number of hydrogen-bond donors (Lipinski definition) is 2. The number of unbranched alkanes of at least 4 members (excludes halogenated alkanes) is 14. The van der Waals surface area contributed by atoms with Gasteiger partial charge in [-0.05, 0) is 70.4 Å². The Hall–Kier alpha value is -1.44. The first-order valence-electron chi connectivity index (χ1n) is 20.1. The number of aliphatic carboxylic acids is 1. The van der Waals surface area contributed by atoms with Gasteiger partial charge in [0.05, 0.1) is 13.2 Å². The Morgan fingerprint density at radius 2 is 1.26 bits per heavy atom. The van der Waals surface area contributed by atoms with E-state index in [-0.39, 0.29) is 19.0 Å². The van der Waals surface area contributed by atoms with Gasteiger partial charge in [-0.1, -0.05) is 122 Å². The molecule has 0 amide bonds. The Bertz CT molecular complexity index is 741. The van der Waals surface area contributed by atoms with Gasteiger partial charge in [0.15, 0.2) is 0 Å².